The molecule has 0 unspecified atom stereocenters. The van der Waals surface area contributed by atoms with Crippen molar-refractivity contribution in [1.29, 1.82) is 0 Å². The molecule has 2 amide bonds. The zero-order valence-electron chi connectivity index (χ0n) is 15.5. The van der Waals surface area contributed by atoms with Crippen LogP contribution < -0.4 is 10.2 Å². The number of nitrogens with one attached hydrogen (secondary N) is 1. The zero-order chi connectivity index (χ0) is 20.1. The van der Waals surface area contributed by atoms with Gasteiger partial charge in [-0.15, -0.1) is 0 Å². The Balaban J connectivity index is 1.49. The summed E-state index contributed by atoms with van der Waals surface area (Å²) in [6, 6.07) is 14.3. The molecule has 1 atom stereocenters. The first kappa shape index (κ1) is 19.9. The predicted molar refractivity (Wildman–Crippen MR) is 107 cm³/mol. The number of halogens is 1. The molecule has 1 aliphatic heterocycles. The smallest absolute Gasteiger partial charge is 0.311 e. The summed E-state index contributed by atoms with van der Waals surface area (Å²) in [5.74, 6) is -1.73. The number of ether oxygens (including phenoxy) is 1. The minimum atomic E-state index is -0.597. The zero-order valence-corrected chi connectivity index (χ0v) is 16.2. The summed E-state index contributed by atoms with van der Waals surface area (Å²) in [6.45, 7) is 1.88. The number of anilines is 2. The first-order valence-electron chi connectivity index (χ1n) is 9.07. The molecular formula is C21H21ClN2O4. The highest BCUT2D eigenvalue weighted by molar-refractivity contribution is 6.30. The lowest BCUT2D eigenvalue weighted by Gasteiger charge is -2.16. The highest BCUT2D eigenvalue weighted by atomic mass is 35.5. The lowest BCUT2D eigenvalue weighted by Crippen LogP contribution is -2.28. The van der Waals surface area contributed by atoms with Crippen LogP contribution in [0.2, 0.25) is 5.02 Å². The Hall–Kier alpha value is -2.86. The van der Waals surface area contributed by atoms with Gasteiger partial charge in [0.15, 0.2) is 6.61 Å². The molecule has 7 heteroatoms. The van der Waals surface area contributed by atoms with Crippen LogP contribution in [0.25, 0.3) is 0 Å². The maximum absolute atomic E-state index is 12.3. The first-order valence-corrected chi connectivity index (χ1v) is 9.45. The Morgan fingerprint density at radius 2 is 1.82 bits per heavy atom. The monoisotopic (exact) mass is 400 g/mol. The average molecular weight is 401 g/mol. The number of hydrogen-bond donors (Lipinski definition) is 1. The molecule has 146 valence electrons. The van der Waals surface area contributed by atoms with Gasteiger partial charge in [-0.2, -0.15) is 0 Å². The molecule has 1 N–H and O–H groups in total. The topological polar surface area (TPSA) is 75.7 Å². The lowest BCUT2D eigenvalue weighted by atomic mass is 10.1. The number of hydrogen-bond acceptors (Lipinski definition) is 4. The van der Waals surface area contributed by atoms with Gasteiger partial charge in [0, 0.05) is 29.4 Å². The summed E-state index contributed by atoms with van der Waals surface area (Å²) < 4.78 is 5.11. The van der Waals surface area contributed by atoms with Crippen LogP contribution in [-0.2, 0) is 25.5 Å². The summed E-state index contributed by atoms with van der Waals surface area (Å²) in [7, 11) is 0. The van der Waals surface area contributed by atoms with E-state index in [0.717, 1.165) is 6.42 Å². The Labute approximate surface area is 168 Å². The van der Waals surface area contributed by atoms with Crippen LogP contribution in [0.5, 0.6) is 0 Å². The van der Waals surface area contributed by atoms with Gasteiger partial charge >= 0.3 is 5.97 Å². The molecular weight excluding hydrogens is 380 g/mol. The molecule has 6 nitrogen and oxygen atoms in total. The molecule has 0 saturated carbocycles. The van der Waals surface area contributed by atoms with Crippen molar-refractivity contribution in [3.05, 3.63) is 59.1 Å². The highest BCUT2D eigenvalue weighted by Crippen LogP contribution is 2.27. The fraction of sp³-hybridized carbons (Fsp3) is 0.286. The lowest BCUT2D eigenvalue weighted by molar-refractivity contribution is -0.151. The third-order valence-corrected chi connectivity index (χ3v) is 4.84. The molecule has 28 heavy (non-hydrogen) atoms. The van der Waals surface area contributed by atoms with Gasteiger partial charge in [0.05, 0.1) is 5.92 Å². The van der Waals surface area contributed by atoms with E-state index in [-0.39, 0.29) is 25.5 Å². The summed E-state index contributed by atoms with van der Waals surface area (Å²) >= 11 is 5.86. The van der Waals surface area contributed by atoms with E-state index >= 15 is 0 Å². The van der Waals surface area contributed by atoms with Crippen molar-refractivity contribution < 1.29 is 19.1 Å². The van der Waals surface area contributed by atoms with E-state index in [1.54, 1.807) is 36.4 Å². The van der Waals surface area contributed by atoms with Crippen LogP contribution >= 0.6 is 11.6 Å². The normalized spacial score (nSPS) is 16.1. The van der Waals surface area contributed by atoms with E-state index in [1.165, 1.54) is 10.5 Å². The minimum absolute atomic E-state index is 0.0571. The van der Waals surface area contributed by atoms with Crippen LogP contribution in [0, 0.1) is 5.92 Å². The highest BCUT2D eigenvalue weighted by Gasteiger charge is 2.36. The summed E-state index contributed by atoms with van der Waals surface area (Å²) in [6.07, 6.45) is 0.973. The molecule has 0 spiro atoms. The summed E-state index contributed by atoms with van der Waals surface area (Å²) in [5, 5.41) is 3.25. The third kappa shape index (κ3) is 4.89. The van der Waals surface area contributed by atoms with E-state index < -0.39 is 17.8 Å². The van der Waals surface area contributed by atoms with Crippen molar-refractivity contribution in [2.45, 2.75) is 19.8 Å². The first-order chi connectivity index (χ1) is 13.5. The van der Waals surface area contributed by atoms with Crippen molar-refractivity contribution in [2.24, 2.45) is 5.92 Å². The second-order valence-corrected chi connectivity index (χ2v) is 7.02. The molecule has 0 aliphatic carbocycles. The van der Waals surface area contributed by atoms with Crippen molar-refractivity contribution in [3.8, 4) is 0 Å². The fourth-order valence-electron chi connectivity index (χ4n) is 3.01. The van der Waals surface area contributed by atoms with Crippen molar-refractivity contribution in [3.63, 3.8) is 0 Å². The van der Waals surface area contributed by atoms with Gasteiger partial charge in [-0.3, -0.25) is 14.4 Å². The Kier molecular flexibility index (Phi) is 6.31. The molecule has 0 radical (unpaired) electrons. The molecule has 1 heterocycles. The van der Waals surface area contributed by atoms with Gasteiger partial charge in [-0.1, -0.05) is 30.7 Å². The summed E-state index contributed by atoms with van der Waals surface area (Å²) in [4.78, 5) is 38.0. The second-order valence-electron chi connectivity index (χ2n) is 6.59. The van der Waals surface area contributed by atoms with Gasteiger partial charge in [-0.05, 0) is 48.4 Å². The number of carbonyl (C=O) groups excluding carboxylic acids is 3. The molecule has 0 aromatic heterocycles. The Morgan fingerprint density at radius 3 is 2.46 bits per heavy atom. The van der Waals surface area contributed by atoms with Crippen LogP contribution in [0.4, 0.5) is 11.4 Å². The van der Waals surface area contributed by atoms with Crippen molar-refractivity contribution >= 4 is 40.8 Å². The Morgan fingerprint density at radius 1 is 1.14 bits per heavy atom. The van der Waals surface area contributed by atoms with Gasteiger partial charge in [0.25, 0.3) is 5.91 Å². The van der Waals surface area contributed by atoms with E-state index in [9.17, 15) is 14.4 Å². The van der Waals surface area contributed by atoms with Gasteiger partial charge < -0.3 is 15.0 Å². The molecule has 1 fully saturated rings. The van der Waals surface area contributed by atoms with E-state index in [2.05, 4.69) is 12.2 Å². The number of amides is 2. The van der Waals surface area contributed by atoms with Crippen LogP contribution in [-0.4, -0.2) is 30.9 Å². The standard InChI is InChI=1S/C21H21ClN2O4/c1-2-14-3-7-17(8-4-14)23-19(25)13-28-21(27)15-11-20(26)24(12-15)18-9-5-16(22)6-10-18/h3-10,15H,2,11-13H2,1H3,(H,23,25)/t15-/m0/s1. The number of esters is 1. The maximum Gasteiger partial charge on any atom is 0.311 e. The van der Waals surface area contributed by atoms with Crippen molar-refractivity contribution in [1.82, 2.24) is 0 Å². The van der Waals surface area contributed by atoms with E-state index in [1.807, 2.05) is 12.1 Å². The van der Waals surface area contributed by atoms with Crippen LogP contribution in [0.15, 0.2) is 48.5 Å². The van der Waals surface area contributed by atoms with Gasteiger partial charge in [0.2, 0.25) is 5.91 Å². The van der Waals surface area contributed by atoms with E-state index in [0.29, 0.717) is 16.4 Å². The maximum atomic E-state index is 12.3. The van der Waals surface area contributed by atoms with Gasteiger partial charge in [0.1, 0.15) is 0 Å². The third-order valence-electron chi connectivity index (χ3n) is 4.59. The number of carbonyl (C=O) groups is 3. The molecule has 2 aromatic rings. The number of rotatable bonds is 6. The van der Waals surface area contributed by atoms with E-state index in [4.69, 9.17) is 16.3 Å². The summed E-state index contributed by atoms with van der Waals surface area (Å²) in [5.41, 5.74) is 2.49. The quantitative estimate of drug-likeness (QED) is 0.753. The average Bonchev–Trinajstić information content (AvgIpc) is 3.09. The SMILES string of the molecule is CCc1ccc(NC(=O)COC(=O)[C@H]2CC(=O)N(c3ccc(Cl)cc3)C2)cc1. The molecule has 0 bridgehead atoms. The number of benzene rings is 2. The van der Waals surface area contributed by atoms with Crippen molar-refractivity contribution in [2.75, 3.05) is 23.4 Å². The molecule has 3 rings (SSSR count). The predicted octanol–water partition coefficient (Wildman–Crippen LogP) is 3.44. The fourth-order valence-corrected chi connectivity index (χ4v) is 3.14. The number of nitrogens with zero attached hydrogens (tertiary/aromatic N) is 1. The second kappa shape index (κ2) is 8.89. The number of aryl methyl sites for hydroxylation is 1. The molecule has 2 aromatic carbocycles. The van der Waals surface area contributed by atoms with Crippen LogP contribution in [0.1, 0.15) is 18.9 Å². The molecule has 1 aliphatic rings. The van der Waals surface area contributed by atoms with Gasteiger partial charge in [-0.25, -0.2) is 0 Å². The van der Waals surface area contributed by atoms with Crippen LogP contribution in [0.3, 0.4) is 0 Å². The molecule has 1 saturated heterocycles. The minimum Gasteiger partial charge on any atom is -0.455 e. The largest absolute Gasteiger partial charge is 0.455 e. The Bertz CT molecular complexity index is 865.